The minimum Gasteiger partial charge on any atom is -0.331 e. The molecule has 4 heteroatoms. The van der Waals surface area contributed by atoms with Crippen molar-refractivity contribution in [2.75, 3.05) is 0 Å². The number of benzene rings is 1. The molecule has 1 aromatic heterocycles. The molecule has 1 N–H and O–H groups in total. The molecule has 0 unspecified atom stereocenters. The van der Waals surface area contributed by atoms with E-state index < -0.39 is 0 Å². The largest absolute Gasteiger partial charge is 0.331 e. The predicted octanol–water partition coefficient (Wildman–Crippen LogP) is 3.49. The Morgan fingerprint density at radius 3 is 2.87 bits per heavy atom. The van der Waals surface area contributed by atoms with Crippen LogP contribution < -0.4 is 0 Å². The normalized spacial score (nSPS) is 11.5. The van der Waals surface area contributed by atoms with E-state index in [1.54, 1.807) is 6.07 Å². The first-order valence-electron chi connectivity index (χ1n) is 4.96. The zero-order chi connectivity index (χ0) is 11.0. The number of H-pyrrole nitrogens is 1. The standard InChI is InChI=1S/C11H13FN2S/c1-7(2)6-14-10-5-8(12)3-4-9(10)13-11(14)15/h3-5,7H,6H2,1-2H3,(H,13,15). The van der Waals surface area contributed by atoms with Gasteiger partial charge in [0.2, 0.25) is 0 Å². The quantitative estimate of drug-likeness (QED) is 0.774. The molecule has 2 rings (SSSR count). The molecule has 1 aromatic carbocycles. The van der Waals surface area contributed by atoms with Crippen LogP contribution >= 0.6 is 12.2 Å². The van der Waals surface area contributed by atoms with Crippen LogP contribution in [0.4, 0.5) is 4.39 Å². The number of nitrogens with one attached hydrogen (secondary N) is 1. The van der Waals surface area contributed by atoms with Gasteiger partial charge in [-0.3, -0.25) is 0 Å². The molecular formula is C11H13FN2S. The van der Waals surface area contributed by atoms with E-state index in [0.717, 1.165) is 17.6 Å². The monoisotopic (exact) mass is 224 g/mol. The number of aromatic nitrogens is 2. The summed E-state index contributed by atoms with van der Waals surface area (Å²) in [5.41, 5.74) is 1.73. The first-order chi connectivity index (χ1) is 7.08. The molecule has 0 aliphatic carbocycles. The van der Waals surface area contributed by atoms with Crippen molar-refractivity contribution in [2.45, 2.75) is 20.4 Å². The number of fused-ring (bicyclic) bond motifs is 1. The number of rotatable bonds is 2. The van der Waals surface area contributed by atoms with Gasteiger partial charge in [-0.05, 0) is 36.3 Å². The Balaban J connectivity index is 2.65. The van der Waals surface area contributed by atoms with E-state index in [9.17, 15) is 4.39 Å². The highest BCUT2D eigenvalue weighted by atomic mass is 32.1. The van der Waals surface area contributed by atoms with Crippen molar-refractivity contribution < 1.29 is 4.39 Å². The van der Waals surface area contributed by atoms with Crippen molar-refractivity contribution in [3.05, 3.63) is 28.8 Å². The molecule has 2 nitrogen and oxygen atoms in total. The van der Waals surface area contributed by atoms with E-state index in [-0.39, 0.29) is 5.82 Å². The van der Waals surface area contributed by atoms with E-state index in [2.05, 4.69) is 18.8 Å². The maximum Gasteiger partial charge on any atom is 0.178 e. The van der Waals surface area contributed by atoms with Gasteiger partial charge in [0.1, 0.15) is 5.82 Å². The molecule has 80 valence electrons. The summed E-state index contributed by atoms with van der Waals surface area (Å²) in [7, 11) is 0. The summed E-state index contributed by atoms with van der Waals surface area (Å²) in [6.45, 7) is 5.03. The van der Waals surface area contributed by atoms with Crippen molar-refractivity contribution in [2.24, 2.45) is 5.92 Å². The highest BCUT2D eigenvalue weighted by molar-refractivity contribution is 7.71. The van der Waals surface area contributed by atoms with Crippen molar-refractivity contribution in [1.82, 2.24) is 9.55 Å². The molecule has 0 atom stereocenters. The van der Waals surface area contributed by atoms with Crippen LogP contribution in [0.1, 0.15) is 13.8 Å². The molecule has 0 amide bonds. The summed E-state index contributed by atoms with van der Waals surface area (Å²) < 4.78 is 15.7. The maximum absolute atomic E-state index is 13.1. The van der Waals surface area contributed by atoms with Gasteiger partial charge in [0.05, 0.1) is 11.0 Å². The van der Waals surface area contributed by atoms with Crippen molar-refractivity contribution in [1.29, 1.82) is 0 Å². The van der Waals surface area contributed by atoms with E-state index in [1.165, 1.54) is 12.1 Å². The fourth-order valence-electron chi connectivity index (χ4n) is 1.67. The first-order valence-corrected chi connectivity index (χ1v) is 5.37. The number of hydrogen-bond donors (Lipinski definition) is 1. The third-order valence-electron chi connectivity index (χ3n) is 2.29. The number of nitrogens with zero attached hydrogens (tertiary/aromatic N) is 1. The summed E-state index contributed by atoms with van der Waals surface area (Å²) in [6.07, 6.45) is 0. The average Bonchev–Trinajstić information content (AvgIpc) is 2.43. The van der Waals surface area contributed by atoms with Gasteiger partial charge in [-0.1, -0.05) is 13.8 Å². The molecular weight excluding hydrogens is 211 g/mol. The zero-order valence-corrected chi connectivity index (χ0v) is 9.57. The van der Waals surface area contributed by atoms with Crippen LogP contribution in [-0.2, 0) is 6.54 Å². The van der Waals surface area contributed by atoms with E-state index in [1.807, 2.05) is 4.57 Å². The predicted molar refractivity (Wildman–Crippen MR) is 61.9 cm³/mol. The first kappa shape index (κ1) is 10.4. The molecule has 2 aromatic rings. The zero-order valence-electron chi connectivity index (χ0n) is 8.75. The fourth-order valence-corrected chi connectivity index (χ4v) is 1.96. The van der Waals surface area contributed by atoms with Crippen molar-refractivity contribution in [3.63, 3.8) is 0 Å². The lowest BCUT2D eigenvalue weighted by molar-refractivity contribution is 0.528. The van der Waals surface area contributed by atoms with Crippen LogP contribution in [0.3, 0.4) is 0 Å². The number of imidazole rings is 1. The SMILES string of the molecule is CC(C)Cn1c(=S)[nH]c2ccc(F)cc21. The minimum atomic E-state index is -0.228. The summed E-state index contributed by atoms with van der Waals surface area (Å²) in [6, 6.07) is 4.68. The Labute approximate surface area is 92.7 Å². The fraction of sp³-hybridized carbons (Fsp3) is 0.364. The lowest BCUT2D eigenvalue weighted by Gasteiger charge is -2.07. The Morgan fingerprint density at radius 2 is 2.20 bits per heavy atom. The summed E-state index contributed by atoms with van der Waals surface area (Å²) >= 11 is 5.20. The van der Waals surface area contributed by atoms with Gasteiger partial charge in [0, 0.05) is 6.54 Å². The van der Waals surface area contributed by atoms with Gasteiger partial charge in [0.15, 0.2) is 4.77 Å². The minimum absolute atomic E-state index is 0.228. The number of hydrogen-bond acceptors (Lipinski definition) is 1. The van der Waals surface area contributed by atoms with E-state index in [0.29, 0.717) is 10.7 Å². The Kier molecular flexibility index (Phi) is 2.61. The molecule has 0 aliphatic rings. The van der Waals surface area contributed by atoms with Gasteiger partial charge in [-0.25, -0.2) is 4.39 Å². The van der Waals surface area contributed by atoms with Crippen LogP contribution in [0.25, 0.3) is 11.0 Å². The summed E-state index contributed by atoms with van der Waals surface area (Å²) in [5, 5.41) is 0. The molecule has 0 bridgehead atoms. The summed E-state index contributed by atoms with van der Waals surface area (Å²) in [5.74, 6) is 0.257. The van der Waals surface area contributed by atoms with Crippen molar-refractivity contribution >= 4 is 23.3 Å². The molecule has 1 heterocycles. The highest BCUT2D eigenvalue weighted by Gasteiger charge is 2.06. The van der Waals surface area contributed by atoms with Crippen LogP contribution in [-0.4, -0.2) is 9.55 Å². The molecule has 0 spiro atoms. The molecule has 0 fully saturated rings. The van der Waals surface area contributed by atoms with Gasteiger partial charge in [-0.15, -0.1) is 0 Å². The lowest BCUT2D eigenvalue weighted by atomic mass is 10.2. The maximum atomic E-state index is 13.1. The molecule has 0 saturated carbocycles. The lowest BCUT2D eigenvalue weighted by Crippen LogP contribution is -2.04. The molecule has 15 heavy (non-hydrogen) atoms. The van der Waals surface area contributed by atoms with E-state index >= 15 is 0 Å². The Bertz CT molecular complexity index is 539. The average molecular weight is 224 g/mol. The molecule has 0 radical (unpaired) electrons. The topological polar surface area (TPSA) is 20.7 Å². The van der Waals surface area contributed by atoms with Crippen LogP contribution in [0.15, 0.2) is 18.2 Å². The van der Waals surface area contributed by atoms with Crippen LogP contribution in [0, 0.1) is 16.5 Å². The molecule has 0 saturated heterocycles. The smallest absolute Gasteiger partial charge is 0.178 e. The highest BCUT2D eigenvalue weighted by Crippen LogP contribution is 2.16. The van der Waals surface area contributed by atoms with Crippen LogP contribution in [0.5, 0.6) is 0 Å². The summed E-state index contributed by atoms with van der Waals surface area (Å²) in [4.78, 5) is 3.07. The van der Waals surface area contributed by atoms with Gasteiger partial charge >= 0.3 is 0 Å². The number of aromatic amines is 1. The van der Waals surface area contributed by atoms with E-state index in [4.69, 9.17) is 12.2 Å². The Morgan fingerprint density at radius 1 is 1.47 bits per heavy atom. The second-order valence-corrected chi connectivity index (χ2v) is 4.48. The number of halogens is 1. The second kappa shape index (κ2) is 3.77. The molecule has 0 aliphatic heterocycles. The van der Waals surface area contributed by atoms with Gasteiger partial charge in [-0.2, -0.15) is 0 Å². The van der Waals surface area contributed by atoms with Crippen molar-refractivity contribution in [3.8, 4) is 0 Å². The van der Waals surface area contributed by atoms with Gasteiger partial charge in [0.25, 0.3) is 0 Å². The third-order valence-corrected chi connectivity index (χ3v) is 2.61. The third kappa shape index (κ3) is 1.95. The van der Waals surface area contributed by atoms with Crippen LogP contribution in [0.2, 0.25) is 0 Å². The Hall–Kier alpha value is -1.16. The van der Waals surface area contributed by atoms with Gasteiger partial charge < -0.3 is 9.55 Å². The second-order valence-electron chi connectivity index (χ2n) is 4.10.